The molecule has 0 amide bonds. The monoisotopic (exact) mass is 250 g/mol. The highest BCUT2D eigenvalue weighted by molar-refractivity contribution is 5.59. The number of hydrogen-bond acceptors (Lipinski definition) is 4. The summed E-state index contributed by atoms with van der Waals surface area (Å²) < 4.78 is 26.2. The summed E-state index contributed by atoms with van der Waals surface area (Å²) in [6.45, 7) is 2.66. The van der Waals surface area contributed by atoms with Crippen molar-refractivity contribution in [3.05, 3.63) is 42.2 Å². The summed E-state index contributed by atoms with van der Waals surface area (Å²) in [5.41, 5.74) is 0.164. The molecule has 0 unspecified atom stereocenters. The van der Waals surface area contributed by atoms with Gasteiger partial charge in [0.1, 0.15) is 29.6 Å². The van der Waals surface area contributed by atoms with Crippen molar-refractivity contribution in [1.29, 1.82) is 0 Å². The number of anilines is 3. The zero-order chi connectivity index (χ0) is 13.0. The van der Waals surface area contributed by atoms with E-state index in [1.165, 1.54) is 18.5 Å². The lowest BCUT2D eigenvalue weighted by Crippen LogP contribution is -2.02. The zero-order valence-corrected chi connectivity index (χ0v) is 9.74. The van der Waals surface area contributed by atoms with Crippen molar-refractivity contribution in [2.45, 2.75) is 6.92 Å². The lowest BCUT2D eigenvalue weighted by Gasteiger charge is -2.08. The maximum Gasteiger partial charge on any atom is 0.149 e. The molecular weight excluding hydrogens is 238 g/mol. The van der Waals surface area contributed by atoms with E-state index in [9.17, 15) is 8.78 Å². The molecular formula is C12H12F2N4. The summed E-state index contributed by atoms with van der Waals surface area (Å²) in [4.78, 5) is 7.95. The Labute approximate surface area is 103 Å². The first-order valence-corrected chi connectivity index (χ1v) is 5.47. The molecule has 6 heteroatoms. The molecule has 0 saturated heterocycles. The molecule has 2 N–H and O–H groups in total. The average molecular weight is 250 g/mol. The molecule has 0 spiro atoms. The molecule has 1 heterocycles. The van der Waals surface area contributed by atoms with E-state index in [0.717, 1.165) is 12.6 Å². The Morgan fingerprint density at radius 1 is 1.11 bits per heavy atom. The van der Waals surface area contributed by atoms with Crippen LogP contribution in [0.4, 0.5) is 26.1 Å². The van der Waals surface area contributed by atoms with Crippen molar-refractivity contribution in [2.75, 3.05) is 17.2 Å². The van der Waals surface area contributed by atoms with E-state index < -0.39 is 11.6 Å². The summed E-state index contributed by atoms with van der Waals surface area (Å²) in [7, 11) is 0. The maximum atomic E-state index is 13.4. The van der Waals surface area contributed by atoms with Crippen molar-refractivity contribution < 1.29 is 8.78 Å². The lowest BCUT2D eigenvalue weighted by atomic mass is 10.3. The summed E-state index contributed by atoms with van der Waals surface area (Å²) in [5, 5.41) is 5.78. The van der Waals surface area contributed by atoms with Crippen LogP contribution in [0.1, 0.15) is 6.92 Å². The minimum Gasteiger partial charge on any atom is -0.370 e. The van der Waals surface area contributed by atoms with Gasteiger partial charge in [-0.2, -0.15) is 0 Å². The molecule has 2 rings (SSSR count). The van der Waals surface area contributed by atoms with Crippen LogP contribution in [0.3, 0.4) is 0 Å². The Kier molecular flexibility index (Phi) is 3.66. The fraction of sp³-hybridized carbons (Fsp3) is 0.167. The Hall–Kier alpha value is -2.24. The molecule has 0 aliphatic carbocycles. The molecule has 0 radical (unpaired) electrons. The number of rotatable bonds is 4. The van der Waals surface area contributed by atoms with Crippen LogP contribution >= 0.6 is 0 Å². The molecule has 94 valence electrons. The van der Waals surface area contributed by atoms with Gasteiger partial charge < -0.3 is 10.6 Å². The van der Waals surface area contributed by atoms with E-state index in [0.29, 0.717) is 11.6 Å². The van der Waals surface area contributed by atoms with Crippen LogP contribution < -0.4 is 10.6 Å². The van der Waals surface area contributed by atoms with Gasteiger partial charge in [-0.15, -0.1) is 0 Å². The smallest absolute Gasteiger partial charge is 0.149 e. The topological polar surface area (TPSA) is 49.8 Å². The maximum absolute atomic E-state index is 13.4. The van der Waals surface area contributed by atoms with Crippen molar-refractivity contribution in [2.24, 2.45) is 0 Å². The van der Waals surface area contributed by atoms with Gasteiger partial charge in [0.15, 0.2) is 0 Å². The summed E-state index contributed by atoms with van der Waals surface area (Å²) in [6.07, 6.45) is 1.36. The molecule has 2 aromatic rings. The van der Waals surface area contributed by atoms with Crippen LogP contribution in [-0.2, 0) is 0 Å². The predicted octanol–water partition coefficient (Wildman–Crippen LogP) is 2.93. The van der Waals surface area contributed by atoms with Crippen LogP contribution in [0.5, 0.6) is 0 Å². The highest BCUT2D eigenvalue weighted by Gasteiger charge is 2.05. The van der Waals surface area contributed by atoms with E-state index in [-0.39, 0.29) is 5.69 Å². The number of benzene rings is 1. The number of nitrogens with one attached hydrogen (secondary N) is 2. The Bertz CT molecular complexity index is 545. The van der Waals surface area contributed by atoms with E-state index in [2.05, 4.69) is 20.6 Å². The zero-order valence-electron chi connectivity index (χ0n) is 9.74. The molecule has 0 bridgehead atoms. The van der Waals surface area contributed by atoms with Crippen LogP contribution in [0, 0.1) is 11.6 Å². The fourth-order valence-electron chi connectivity index (χ4n) is 1.43. The molecule has 0 fully saturated rings. The Morgan fingerprint density at radius 3 is 2.61 bits per heavy atom. The third-order valence-electron chi connectivity index (χ3n) is 2.22. The number of halogens is 2. The second-order valence-corrected chi connectivity index (χ2v) is 3.57. The third-order valence-corrected chi connectivity index (χ3v) is 2.22. The largest absolute Gasteiger partial charge is 0.370 e. The first kappa shape index (κ1) is 12.2. The minimum atomic E-state index is -0.668. The van der Waals surface area contributed by atoms with Crippen molar-refractivity contribution in [1.82, 2.24) is 9.97 Å². The van der Waals surface area contributed by atoms with Crippen LogP contribution in [0.25, 0.3) is 0 Å². The van der Waals surface area contributed by atoms with E-state index in [1.54, 1.807) is 6.07 Å². The molecule has 0 atom stereocenters. The van der Waals surface area contributed by atoms with Gasteiger partial charge in [-0.1, -0.05) is 0 Å². The fourth-order valence-corrected chi connectivity index (χ4v) is 1.43. The van der Waals surface area contributed by atoms with Crippen molar-refractivity contribution in [3.63, 3.8) is 0 Å². The summed E-state index contributed by atoms with van der Waals surface area (Å²) in [5.74, 6) is -0.211. The van der Waals surface area contributed by atoms with Crippen LogP contribution in [-0.4, -0.2) is 16.5 Å². The first-order chi connectivity index (χ1) is 8.69. The van der Waals surface area contributed by atoms with Gasteiger partial charge in [0, 0.05) is 18.7 Å². The second kappa shape index (κ2) is 5.39. The van der Waals surface area contributed by atoms with E-state index in [4.69, 9.17) is 0 Å². The third kappa shape index (κ3) is 2.91. The van der Waals surface area contributed by atoms with Gasteiger partial charge >= 0.3 is 0 Å². The quantitative estimate of drug-likeness (QED) is 0.876. The molecule has 4 nitrogen and oxygen atoms in total. The number of nitrogens with zero attached hydrogens (tertiary/aromatic N) is 2. The van der Waals surface area contributed by atoms with E-state index >= 15 is 0 Å². The van der Waals surface area contributed by atoms with Crippen LogP contribution in [0.15, 0.2) is 30.6 Å². The minimum absolute atomic E-state index is 0.164. The Balaban J connectivity index is 2.20. The van der Waals surface area contributed by atoms with E-state index in [1.807, 2.05) is 6.92 Å². The lowest BCUT2D eigenvalue weighted by molar-refractivity contribution is 0.586. The van der Waals surface area contributed by atoms with Gasteiger partial charge in [0.25, 0.3) is 0 Å². The molecule has 1 aromatic carbocycles. The Morgan fingerprint density at radius 2 is 1.89 bits per heavy atom. The molecule has 18 heavy (non-hydrogen) atoms. The summed E-state index contributed by atoms with van der Waals surface area (Å²) >= 11 is 0. The predicted molar refractivity (Wildman–Crippen MR) is 65.8 cm³/mol. The van der Waals surface area contributed by atoms with Gasteiger partial charge in [-0.25, -0.2) is 18.7 Å². The van der Waals surface area contributed by atoms with Gasteiger partial charge in [0.05, 0.1) is 5.69 Å². The average Bonchev–Trinajstić information content (AvgIpc) is 2.34. The summed E-state index contributed by atoms with van der Waals surface area (Å²) in [6, 6.07) is 4.96. The van der Waals surface area contributed by atoms with Crippen LogP contribution in [0.2, 0.25) is 0 Å². The van der Waals surface area contributed by atoms with Gasteiger partial charge in [-0.05, 0) is 19.1 Å². The van der Waals surface area contributed by atoms with Gasteiger partial charge in [-0.3, -0.25) is 0 Å². The highest BCUT2D eigenvalue weighted by Crippen LogP contribution is 2.20. The SMILES string of the molecule is CCNc1cc(Nc2ccc(F)cc2F)ncn1. The molecule has 0 saturated carbocycles. The van der Waals surface area contributed by atoms with Crippen molar-refractivity contribution >= 4 is 17.3 Å². The molecule has 0 aliphatic rings. The van der Waals surface area contributed by atoms with Crippen molar-refractivity contribution in [3.8, 4) is 0 Å². The molecule has 0 aliphatic heterocycles. The highest BCUT2D eigenvalue weighted by atomic mass is 19.1. The number of hydrogen-bond donors (Lipinski definition) is 2. The normalized spacial score (nSPS) is 10.2. The first-order valence-electron chi connectivity index (χ1n) is 5.47. The second-order valence-electron chi connectivity index (χ2n) is 3.57. The standard InChI is InChI=1S/C12H12F2N4/c1-2-15-11-6-12(17-7-16-11)18-10-4-3-8(13)5-9(10)14/h3-7H,2H2,1H3,(H2,15,16,17,18). The number of aromatic nitrogens is 2. The molecule has 1 aromatic heterocycles. The van der Waals surface area contributed by atoms with Gasteiger partial charge in [0.2, 0.25) is 0 Å².